The summed E-state index contributed by atoms with van der Waals surface area (Å²) in [5.41, 5.74) is 0. The van der Waals surface area contributed by atoms with Crippen LogP contribution in [0.2, 0.25) is 4.47 Å². The van der Waals surface area contributed by atoms with Gasteiger partial charge in [-0.3, -0.25) is 10.3 Å². The molecule has 1 rings (SSSR count). The summed E-state index contributed by atoms with van der Waals surface area (Å²) in [4.78, 5) is 9.04. The fourth-order valence-corrected chi connectivity index (χ4v) is 1.95. The summed E-state index contributed by atoms with van der Waals surface area (Å²) in [5, 5.41) is 11.5. The number of thiazole rings is 1. The van der Waals surface area contributed by atoms with Crippen LogP contribution in [0.15, 0.2) is 11.2 Å². The van der Waals surface area contributed by atoms with Crippen molar-refractivity contribution in [3.05, 3.63) is 15.5 Å². The number of hydrogen-bond donors (Lipinski definition) is 1. The zero-order chi connectivity index (χ0) is 10.4. The van der Waals surface area contributed by atoms with E-state index in [1.165, 1.54) is 23.1 Å². The molecule has 0 aliphatic carbocycles. The van der Waals surface area contributed by atoms with Crippen molar-refractivity contribution in [2.75, 3.05) is 6.26 Å². The maximum absolute atomic E-state index is 8.38. The molecule has 0 aliphatic heterocycles. The van der Waals surface area contributed by atoms with Gasteiger partial charge in [-0.25, -0.2) is 4.98 Å². The molecule has 1 N–H and O–H groups in total. The van der Waals surface area contributed by atoms with Gasteiger partial charge in [-0.1, -0.05) is 23.4 Å². The average Bonchev–Trinajstić information content (AvgIpc) is 2.59. The van der Waals surface area contributed by atoms with Crippen LogP contribution in [0.5, 0.6) is 0 Å². The molecule has 0 saturated carbocycles. The van der Waals surface area contributed by atoms with Crippen molar-refractivity contribution in [2.45, 2.75) is 6.54 Å². The molecule has 1 heterocycles. The Labute approximate surface area is 95.0 Å². The summed E-state index contributed by atoms with van der Waals surface area (Å²) in [6.45, 7) is 0.495. The maximum atomic E-state index is 8.38. The first-order chi connectivity index (χ1) is 6.76. The lowest BCUT2D eigenvalue weighted by molar-refractivity contribution is 1.08. The monoisotopic (exact) mass is 246 g/mol. The topological polar surface area (TPSA) is 61.1 Å². The highest BCUT2D eigenvalue weighted by Crippen LogP contribution is 2.18. The van der Waals surface area contributed by atoms with Crippen molar-refractivity contribution >= 4 is 39.9 Å². The molecule has 0 unspecified atom stereocenters. The molecule has 0 saturated heterocycles. The lowest BCUT2D eigenvalue weighted by atomic mass is 10.6. The number of nitriles is 1. The predicted molar refractivity (Wildman–Crippen MR) is 60.5 cm³/mol. The van der Waals surface area contributed by atoms with E-state index in [0.29, 0.717) is 16.2 Å². The van der Waals surface area contributed by atoms with Gasteiger partial charge in [0.2, 0.25) is 0 Å². The first-order valence-electron chi connectivity index (χ1n) is 3.60. The van der Waals surface area contributed by atoms with Gasteiger partial charge in [-0.05, 0) is 6.26 Å². The molecule has 0 spiro atoms. The molecule has 1 aromatic rings. The number of nitrogens with zero attached hydrogens (tertiary/aromatic N) is 3. The van der Waals surface area contributed by atoms with Gasteiger partial charge in [0, 0.05) is 11.1 Å². The van der Waals surface area contributed by atoms with Crippen LogP contribution in [-0.2, 0) is 6.54 Å². The van der Waals surface area contributed by atoms with E-state index in [4.69, 9.17) is 16.9 Å². The van der Waals surface area contributed by atoms with Gasteiger partial charge in [0.05, 0.1) is 6.54 Å². The molecule has 0 bridgehead atoms. The number of aliphatic imine (C=N–C) groups is 1. The molecule has 0 aliphatic rings. The van der Waals surface area contributed by atoms with Gasteiger partial charge in [0.15, 0.2) is 15.8 Å². The van der Waals surface area contributed by atoms with Crippen LogP contribution in [0.25, 0.3) is 0 Å². The van der Waals surface area contributed by atoms with Crippen LogP contribution in [0.4, 0.5) is 0 Å². The minimum Gasteiger partial charge on any atom is -0.272 e. The zero-order valence-electron chi connectivity index (χ0n) is 7.32. The maximum Gasteiger partial charge on any atom is 0.183 e. The zero-order valence-corrected chi connectivity index (χ0v) is 9.71. The largest absolute Gasteiger partial charge is 0.272 e. The van der Waals surface area contributed by atoms with E-state index in [-0.39, 0.29) is 0 Å². The van der Waals surface area contributed by atoms with Gasteiger partial charge in [-0.2, -0.15) is 5.26 Å². The van der Waals surface area contributed by atoms with Crippen molar-refractivity contribution in [2.24, 2.45) is 4.99 Å². The summed E-state index contributed by atoms with van der Waals surface area (Å²) < 4.78 is 0.508. The molecule has 0 aromatic carbocycles. The van der Waals surface area contributed by atoms with Crippen molar-refractivity contribution in [1.82, 2.24) is 10.3 Å². The number of halogens is 1. The number of hydrogen-bond acceptors (Lipinski definition) is 5. The summed E-state index contributed by atoms with van der Waals surface area (Å²) in [7, 11) is 0. The predicted octanol–water partition coefficient (Wildman–Crippen LogP) is 2.09. The summed E-state index contributed by atoms with van der Waals surface area (Å²) in [6, 6.07) is 0. The second-order valence-corrected chi connectivity index (χ2v) is 4.63. The Bertz CT molecular complexity index is 368. The van der Waals surface area contributed by atoms with Gasteiger partial charge >= 0.3 is 0 Å². The fourth-order valence-electron chi connectivity index (χ4n) is 0.709. The first-order valence-corrected chi connectivity index (χ1v) is 6.02. The molecule has 7 heteroatoms. The van der Waals surface area contributed by atoms with Crippen LogP contribution < -0.4 is 5.32 Å². The Hall–Kier alpha value is -0.770. The molecule has 0 radical (unpaired) electrons. The summed E-state index contributed by atoms with van der Waals surface area (Å²) in [5.74, 6) is 0. The second-order valence-electron chi connectivity index (χ2n) is 2.14. The van der Waals surface area contributed by atoms with E-state index in [0.717, 1.165) is 4.88 Å². The Morgan fingerprint density at radius 2 is 2.71 bits per heavy atom. The van der Waals surface area contributed by atoms with Crippen molar-refractivity contribution in [3.8, 4) is 6.19 Å². The lowest BCUT2D eigenvalue weighted by Crippen LogP contribution is -2.13. The van der Waals surface area contributed by atoms with Gasteiger partial charge in [-0.15, -0.1) is 11.3 Å². The molecular formula is C7H7ClN4S2. The normalized spacial score (nSPS) is 11.1. The third-order valence-corrected chi connectivity index (χ3v) is 2.98. The number of aromatic nitrogens is 1. The van der Waals surface area contributed by atoms with Crippen LogP contribution >= 0.6 is 34.7 Å². The second kappa shape index (κ2) is 5.86. The summed E-state index contributed by atoms with van der Waals surface area (Å²) >= 11 is 8.43. The van der Waals surface area contributed by atoms with Crippen LogP contribution in [0.3, 0.4) is 0 Å². The number of thioether (sulfide) groups is 1. The Morgan fingerprint density at radius 3 is 3.21 bits per heavy atom. The van der Waals surface area contributed by atoms with E-state index in [1.54, 1.807) is 6.20 Å². The number of rotatable bonds is 2. The smallest absolute Gasteiger partial charge is 0.183 e. The molecule has 0 amide bonds. The van der Waals surface area contributed by atoms with Crippen LogP contribution in [-0.4, -0.2) is 16.4 Å². The Morgan fingerprint density at radius 1 is 1.93 bits per heavy atom. The highest BCUT2D eigenvalue weighted by molar-refractivity contribution is 8.13. The quantitative estimate of drug-likeness (QED) is 0.376. The third-order valence-electron chi connectivity index (χ3n) is 1.26. The molecule has 4 nitrogen and oxygen atoms in total. The molecule has 0 fully saturated rings. The molecule has 1 aromatic heterocycles. The minimum atomic E-state index is 0.495. The summed E-state index contributed by atoms with van der Waals surface area (Å²) in [6.07, 6.45) is 5.35. The average molecular weight is 247 g/mol. The van der Waals surface area contributed by atoms with Gasteiger partial charge in [0.1, 0.15) is 0 Å². The number of amidine groups is 1. The van der Waals surface area contributed by atoms with Crippen molar-refractivity contribution in [3.63, 3.8) is 0 Å². The van der Waals surface area contributed by atoms with E-state index >= 15 is 0 Å². The van der Waals surface area contributed by atoms with E-state index in [2.05, 4.69) is 15.3 Å². The SMILES string of the molecule is CSC(=NCc1cnc(Cl)s1)NC#N. The highest BCUT2D eigenvalue weighted by Gasteiger charge is 1.99. The van der Waals surface area contributed by atoms with Gasteiger partial charge in [0.25, 0.3) is 0 Å². The molecule has 0 atom stereocenters. The van der Waals surface area contributed by atoms with E-state index in [1.807, 2.05) is 12.4 Å². The standard InChI is InChI=1S/C7H7ClN4S2/c1-13-7(12-4-9)11-3-5-2-10-6(8)14-5/h2H,3H2,1H3,(H,11,12). The highest BCUT2D eigenvalue weighted by atomic mass is 35.5. The van der Waals surface area contributed by atoms with Crippen LogP contribution in [0.1, 0.15) is 4.88 Å². The van der Waals surface area contributed by atoms with E-state index < -0.39 is 0 Å². The Kier molecular flexibility index (Phi) is 4.73. The number of nitrogens with one attached hydrogen (secondary N) is 1. The van der Waals surface area contributed by atoms with E-state index in [9.17, 15) is 0 Å². The van der Waals surface area contributed by atoms with Gasteiger partial charge < -0.3 is 0 Å². The van der Waals surface area contributed by atoms with Crippen molar-refractivity contribution < 1.29 is 0 Å². The van der Waals surface area contributed by atoms with Crippen LogP contribution in [0, 0.1) is 11.5 Å². The molecular weight excluding hydrogens is 240 g/mol. The molecule has 74 valence electrons. The third kappa shape index (κ3) is 3.54. The fraction of sp³-hybridized carbons (Fsp3) is 0.286. The minimum absolute atomic E-state index is 0.495. The molecule has 14 heavy (non-hydrogen) atoms. The Balaban J connectivity index is 2.57. The van der Waals surface area contributed by atoms with Crippen molar-refractivity contribution in [1.29, 1.82) is 5.26 Å². The first kappa shape index (κ1) is 11.3. The lowest BCUT2D eigenvalue weighted by Gasteiger charge is -1.97.